The molecule has 10 atom stereocenters. The largest absolute Gasteiger partial charge is 0.381 e. The van der Waals surface area contributed by atoms with Gasteiger partial charge >= 0.3 is 0 Å². The summed E-state index contributed by atoms with van der Waals surface area (Å²) in [6.45, 7) is 9.33. The summed E-state index contributed by atoms with van der Waals surface area (Å²) in [5.41, 5.74) is 2.99. The number of allylic oxidation sites excluding steroid dienone is 1. The van der Waals surface area contributed by atoms with Crippen molar-refractivity contribution < 1.29 is 9.53 Å². The fourth-order valence-corrected chi connectivity index (χ4v) is 10.7. The first-order chi connectivity index (χ1) is 16.3. The lowest BCUT2D eigenvalue weighted by atomic mass is 9.45. The van der Waals surface area contributed by atoms with Gasteiger partial charge in [0.1, 0.15) is 0 Å². The second-order valence-corrected chi connectivity index (χ2v) is 13.2. The zero-order valence-electron chi connectivity index (χ0n) is 21.8. The van der Waals surface area contributed by atoms with Crippen LogP contribution in [-0.2, 0) is 4.74 Å². The van der Waals surface area contributed by atoms with Crippen LogP contribution in [0, 0.1) is 51.8 Å². The predicted octanol–water partition coefficient (Wildman–Crippen LogP) is 7.22. The molecule has 184 valence electrons. The molecule has 0 amide bonds. The number of ketones is 1. The highest BCUT2D eigenvalue weighted by Crippen LogP contribution is 2.82. The second-order valence-electron chi connectivity index (χ2n) is 13.2. The van der Waals surface area contributed by atoms with E-state index in [0.717, 1.165) is 34.9 Å². The first kappa shape index (κ1) is 23.0. The monoisotopic (exact) mass is 461 g/mol. The van der Waals surface area contributed by atoms with Crippen LogP contribution in [0.15, 0.2) is 24.4 Å². The molecule has 0 saturated heterocycles. The summed E-state index contributed by atoms with van der Waals surface area (Å²) in [4.78, 5) is 16.5. The Kier molecular flexibility index (Phi) is 5.24. The Bertz CT molecular complexity index is 1020. The molecule has 0 bridgehead atoms. The Labute approximate surface area is 206 Å². The number of aromatic nitrogens is 1. The van der Waals surface area contributed by atoms with Crippen molar-refractivity contribution in [1.29, 1.82) is 0 Å². The lowest BCUT2D eigenvalue weighted by Gasteiger charge is -2.61. The van der Waals surface area contributed by atoms with Gasteiger partial charge in [0.05, 0.1) is 11.8 Å². The average Bonchev–Trinajstić information content (AvgIpc) is 3.33. The SMILES string of the molecule is COC1C[C@H]2[C@@H]3CC[C@H]([C@H](C)/C=C/c4ncccc4C(C)=O)[C@@]3(C)CC[C@@H]2[C@@]2(C)CC[C@@H]3CC132. The Balaban J connectivity index is 1.25. The number of ether oxygens (including phenoxy) is 1. The van der Waals surface area contributed by atoms with E-state index in [1.54, 1.807) is 13.1 Å². The third-order valence-electron chi connectivity index (χ3n) is 12.3. The Hall–Kier alpha value is -1.48. The summed E-state index contributed by atoms with van der Waals surface area (Å²) < 4.78 is 6.29. The van der Waals surface area contributed by atoms with Gasteiger partial charge in [-0.2, -0.15) is 0 Å². The van der Waals surface area contributed by atoms with Crippen LogP contribution in [0.3, 0.4) is 0 Å². The summed E-state index contributed by atoms with van der Waals surface area (Å²) in [5, 5.41) is 0. The number of hydrogen-bond donors (Lipinski definition) is 0. The van der Waals surface area contributed by atoms with E-state index in [-0.39, 0.29) is 5.78 Å². The number of rotatable bonds is 5. The third kappa shape index (κ3) is 2.91. The minimum Gasteiger partial charge on any atom is -0.381 e. The molecule has 3 heteroatoms. The molecular weight excluding hydrogens is 418 g/mol. The standard InChI is InChI=1S/C31H43NO2/c1-19(8-11-27-22(20(2)33)7-6-16-32-27)24-9-10-25-23-17-28(34-5)31-18-21(31)12-15-30(31,4)26(23)13-14-29(24,25)3/h6-8,11,16,19,21,23-26,28H,9-10,12-15,17-18H2,1-5H3/b11-8+/t19-,21-,23+,24-,25+,26+,28?,29-,30-,31?/m1/s1. The fraction of sp³-hybridized carbons (Fsp3) is 0.742. The van der Waals surface area contributed by atoms with Gasteiger partial charge in [0.25, 0.3) is 0 Å². The van der Waals surface area contributed by atoms with E-state index in [0.29, 0.717) is 34.2 Å². The summed E-state index contributed by atoms with van der Waals surface area (Å²) >= 11 is 0. The van der Waals surface area contributed by atoms with Crippen LogP contribution >= 0.6 is 0 Å². The van der Waals surface area contributed by atoms with E-state index in [2.05, 4.69) is 37.9 Å². The first-order valence-corrected chi connectivity index (χ1v) is 13.9. The zero-order valence-corrected chi connectivity index (χ0v) is 21.8. The number of pyridine rings is 1. The number of carbonyl (C=O) groups excluding carboxylic acids is 1. The van der Waals surface area contributed by atoms with E-state index in [1.807, 2.05) is 19.2 Å². The van der Waals surface area contributed by atoms with Gasteiger partial charge in [-0.1, -0.05) is 26.8 Å². The summed E-state index contributed by atoms with van der Waals surface area (Å²) in [6, 6.07) is 3.75. The second kappa shape index (κ2) is 7.76. The van der Waals surface area contributed by atoms with Crippen molar-refractivity contribution in [2.75, 3.05) is 7.11 Å². The van der Waals surface area contributed by atoms with Crippen LogP contribution in [0.4, 0.5) is 0 Å². The van der Waals surface area contributed by atoms with E-state index in [1.165, 1.54) is 51.4 Å². The van der Waals surface area contributed by atoms with Crippen molar-refractivity contribution in [1.82, 2.24) is 4.98 Å². The molecule has 5 aliphatic rings. The molecule has 1 spiro atoms. The quantitative estimate of drug-likeness (QED) is 0.435. The number of carbonyl (C=O) groups is 1. The molecular formula is C31H43NO2. The fourth-order valence-electron chi connectivity index (χ4n) is 10.7. The molecule has 0 aromatic carbocycles. The Morgan fingerprint density at radius 1 is 1.18 bits per heavy atom. The van der Waals surface area contributed by atoms with Crippen LogP contribution in [-0.4, -0.2) is 24.0 Å². The summed E-state index contributed by atoms with van der Waals surface area (Å²) in [7, 11) is 1.99. The topological polar surface area (TPSA) is 39.2 Å². The van der Waals surface area contributed by atoms with Gasteiger partial charge in [-0.3, -0.25) is 9.78 Å². The lowest BCUT2D eigenvalue weighted by Crippen LogP contribution is -2.57. The molecule has 5 fully saturated rings. The molecule has 1 aromatic rings. The summed E-state index contributed by atoms with van der Waals surface area (Å²) in [5.74, 6) is 4.81. The third-order valence-corrected chi connectivity index (χ3v) is 12.3. The van der Waals surface area contributed by atoms with Crippen molar-refractivity contribution in [2.24, 2.45) is 51.8 Å². The molecule has 0 radical (unpaired) electrons. The van der Waals surface area contributed by atoms with Crippen LogP contribution in [0.1, 0.15) is 95.1 Å². The van der Waals surface area contributed by atoms with Gasteiger partial charge in [0.15, 0.2) is 5.78 Å². The average molecular weight is 462 g/mol. The Morgan fingerprint density at radius 3 is 2.74 bits per heavy atom. The van der Waals surface area contributed by atoms with Gasteiger partial charge in [-0.15, -0.1) is 0 Å². The number of fused-ring (bicyclic) bond motifs is 4. The van der Waals surface area contributed by atoms with Crippen LogP contribution in [0.2, 0.25) is 0 Å². The van der Waals surface area contributed by atoms with E-state index >= 15 is 0 Å². The van der Waals surface area contributed by atoms with E-state index in [9.17, 15) is 4.79 Å². The molecule has 1 heterocycles. The number of methoxy groups -OCH3 is 1. The van der Waals surface area contributed by atoms with Gasteiger partial charge in [-0.05, 0) is 123 Å². The number of Topliss-reactive ketones (excluding diaryl/α,β-unsaturated/α-hetero) is 1. The van der Waals surface area contributed by atoms with Crippen molar-refractivity contribution in [3.05, 3.63) is 35.7 Å². The molecule has 3 nitrogen and oxygen atoms in total. The van der Waals surface area contributed by atoms with Crippen molar-refractivity contribution in [3.63, 3.8) is 0 Å². The molecule has 5 aliphatic carbocycles. The maximum atomic E-state index is 12.0. The smallest absolute Gasteiger partial charge is 0.161 e. The minimum atomic E-state index is 0.0905. The lowest BCUT2D eigenvalue weighted by molar-refractivity contribution is -0.160. The van der Waals surface area contributed by atoms with Gasteiger partial charge in [0.2, 0.25) is 0 Å². The molecule has 0 N–H and O–H groups in total. The molecule has 34 heavy (non-hydrogen) atoms. The van der Waals surface area contributed by atoms with Crippen LogP contribution in [0.25, 0.3) is 6.08 Å². The maximum Gasteiger partial charge on any atom is 0.161 e. The van der Waals surface area contributed by atoms with E-state index < -0.39 is 0 Å². The molecule has 6 rings (SSSR count). The first-order valence-electron chi connectivity index (χ1n) is 13.9. The van der Waals surface area contributed by atoms with Gasteiger partial charge in [0, 0.05) is 24.3 Å². The van der Waals surface area contributed by atoms with Crippen LogP contribution < -0.4 is 0 Å². The maximum absolute atomic E-state index is 12.0. The molecule has 1 aromatic heterocycles. The minimum absolute atomic E-state index is 0.0905. The molecule has 2 unspecified atom stereocenters. The predicted molar refractivity (Wildman–Crippen MR) is 136 cm³/mol. The van der Waals surface area contributed by atoms with Gasteiger partial charge in [-0.25, -0.2) is 0 Å². The van der Waals surface area contributed by atoms with Crippen molar-refractivity contribution in [2.45, 2.75) is 85.2 Å². The van der Waals surface area contributed by atoms with Crippen molar-refractivity contribution >= 4 is 11.9 Å². The summed E-state index contributed by atoms with van der Waals surface area (Å²) in [6.07, 6.45) is 17.9. The molecule has 0 aliphatic heterocycles. The highest BCUT2D eigenvalue weighted by atomic mass is 16.5. The molecule has 5 saturated carbocycles. The highest BCUT2D eigenvalue weighted by Gasteiger charge is 2.77. The Morgan fingerprint density at radius 2 is 2.00 bits per heavy atom. The van der Waals surface area contributed by atoms with E-state index in [4.69, 9.17) is 4.74 Å². The normalized spacial score (nSPS) is 47.6. The zero-order chi connectivity index (χ0) is 23.9. The van der Waals surface area contributed by atoms with Crippen molar-refractivity contribution in [3.8, 4) is 0 Å². The van der Waals surface area contributed by atoms with Crippen LogP contribution in [0.5, 0.6) is 0 Å². The number of nitrogens with zero attached hydrogens (tertiary/aromatic N) is 1. The highest BCUT2D eigenvalue weighted by molar-refractivity contribution is 5.96. The van der Waals surface area contributed by atoms with Gasteiger partial charge < -0.3 is 4.74 Å². The number of hydrogen-bond acceptors (Lipinski definition) is 3.